The minimum absolute atomic E-state index is 0.207. The van der Waals surface area contributed by atoms with E-state index in [-0.39, 0.29) is 12.0 Å². The summed E-state index contributed by atoms with van der Waals surface area (Å²) in [7, 11) is 0. The lowest BCUT2D eigenvalue weighted by molar-refractivity contribution is -0.146. The van der Waals surface area contributed by atoms with Gasteiger partial charge in [0, 0.05) is 5.69 Å². The van der Waals surface area contributed by atoms with E-state index in [2.05, 4.69) is 4.98 Å². The molecule has 0 amide bonds. The van der Waals surface area contributed by atoms with Crippen molar-refractivity contribution in [2.24, 2.45) is 0 Å². The summed E-state index contributed by atoms with van der Waals surface area (Å²) < 4.78 is 6.90. The molecule has 4 heteroatoms. The van der Waals surface area contributed by atoms with E-state index in [1.54, 1.807) is 0 Å². The lowest BCUT2D eigenvalue weighted by atomic mass is 10.3. The second kappa shape index (κ2) is 4.47. The predicted octanol–water partition coefficient (Wildman–Crippen LogP) is 1.93. The van der Waals surface area contributed by atoms with E-state index in [9.17, 15) is 4.79 Å². The summed E-state index contributed by atoms with van der Waals surface area (Å²) in [6.07, 6.45) is 0. The van der Waals surface area contributed by atoms with Gasteiger partial charge in [-0.2, -0.15) is 0 Å². The number of esters is 1. The van der Waals surface area contributed by atoms with Gasteiger partial charge in [-0.15, -0.1) is 0 Å². The number of hydrogen-bond acceptors (Lipinski definition) is 3. The molecule has 0 bridgehead atoms. The normalized spacial score (nSPS) is 12.6. The summed E-state index contributed by atoms with van der Waals surface area (Å²) in [5.41, 5.74) is 1.98. The Morgan fingerprint density at radius 1 is 1.47 bits per heavy atom. The quantitative estimate of drug-likeness (QED) is 0.716. The van der Waals surface area contributed by atoms with Crippen LogP contribution in [0.4, 0.5) is 0 Å². The van der Waals surface area contributed by atoms with Crippen molar-refractivity contribution < 1.29 is 9.53 Å². The Balaban J connectivity index is 3.00. The van der Waals surface area contributed by atoms with Crippen LogP contribution in [0.5, 0.6) is 0 Å². The highest BCUT2D eigenvalue weighted by Crippen LogP contribution is 2.17. The highest BCUT2D eigenvalue weighted by atomic mass is 16.5. The molecule has 0 saturated carbocycles. The molecular formula is C11H18N2O2. The van der Waals surface area contributed by atoms with Crippen molar-refractivity contribution in [1.82, 2.24) is 9.55 Å². The van der Waals surface area contributed by atoms with E-state index in [0.29, 0.717) is 6.61 Å². The highest BCUT2D eigenvalue weighted by molar-refractivity contribution is 5.74. The Bertz CT molecular complexity index is 369. The molecule has 0 N–H and O–H groups in total. The Morgan fingerprint density at radius 3 is 2.47 bits per heavy atom. The average molecular weight is 210 g/mol. The summed E-state index contributed by atoms with van der Waals surface area (Å²) in [6, 6.07) is -0.300. The molecule has 0 aliphatic rings. The number of aryl methyl sites for hydroxylation is 2. The molecule has 1 aromatic rings. The fraction of sp³-hybridized carbons (Fsp3) is 0.636. The van der Waals surface area contributed by atoms with Gasteiger partial charge in [-0.3, -0.25) is 0 Å². The van der Waals surface area contributed by atoms with Crippen LogP contribution in [0.25, 0.3) is 0 Å². The van der Waals surface area contributed by atoms with E-state index in [0.717, 1.165) is 17.2 Å². The summed E-state index contributed by atoms with van der Waals surface area (Å²) in [6.45, 7) is 9.86. The molecule has 0 saturated heterocycles. The molecule has 1 unspecified atom stereocenters. The summed E-state index contributed by atoms with van der Waals surface area (Å²) in [4.78, 5) is 15.9. The van der Waals surface area contributed by atoms with Crippen LogP contribution < -0.4 is 0 Å². The molecule has 0 aromatic carbocycles. The van der Waals surface area contributed by atoms with Crippen molar-refractivity contribution >= 4 is 5.97 Å². The molecule has 84 valence electrons. The zero-order valence-electron chi connectivity index (χ0n) is 10.00. The number of imidazole rings is 1. The second-order valence-corrected chi connectivity index (χ2v) is 3.63. The Morgan fingerprint density at radius 2 is 2.07 bits per heavy atom. The molecule has 0 aliphatic heterocycles. The largest absolute Gasteiger partial charge is 0.464 e. The molecule has 1 atom stereocenters. The molecule has 1 heterocycles. The molecule has 4 nitrogen and oxygen atoms in total. The topological polar surface area (TPSA) is 44.1 Å². The maximum atomic E-state index is 11.6. The standard InChI is InChI=1S/C11H18N2O2/c1-6-15-11(14)9(4)13-8(3)7(2)12-10(13)5/h9H,6H2,1-5H3. The number of aromatic nitrogens is 2. The lowest BCUT2D eigenvalue weighted by Gasteiger charge is -2.15. The number of ether oxygens (including phenoxy) is 1. The molecule has 0 radical (unpaired) electrons. The van der Waals surface area contributed by atoms with Crippen LogP contribution in [0, 0.1) is 20.8 Å². The van der Waals surface area contributed by atoms with E-state index in [1.165, 1.54) is 0 Å². The van der Waals surface area contributed by atoms with Crippen LogP contribution in [-0.2, 0) is 9.53 Å². The van der Waals surface area contributed by atoms with Crippen LogP contribution in [-0.4, -0.2) is 22.1 Å². The van der Waals surface area contributed by atoms with Gasteiger partial charge in [-0.25, -0.2) is 9.78 Å². The summed E-state index contributed by atoms with van der Waals surface area (Å²) >= 11 is 0. The molecule has 0 spiro atoms. The van der Waals surface area contributed by atoms with Crippen LogP contribution in [0.1, 0.15) is 37.1 Å². The maximum Gasteiger partial charge on any atom is 0.328 e. The van der Waals surface area contributed by atoms with Gasteiger partial charge in [-0.1, -0.05) is 0 Å². The third kappa shape index (κ3) is 2.19. The van der Waals surface area contributed by atoms with Crippen LogP contribution >= 0.6 is 0 Å². The number of hydrogen-bond donors (Lipinski definition) is 0. The van der Waals surface area contributed by atoms with E-state index in [4.69, 9.17) is 4.74 Å². The first-order chi connectivity index (χ1) is 6.99. The zero-order chi connectivity index (χ0) is 11.6. The lowest BCUT2D eigenvalue weighted by Crippen LogP contribution is -2.21. The number of carbonyl (C=O) groups excluding carboxylic acids is 1. The minimum Gasteiger partial charge on any atom is -0.464 e. The SMILES string of the molecule is CCOC(=O)C(C)n1c(C)nc(C)c1C. The van der Waals surface area contributed by atoms with E-state index in [1.807, 2.05) is 39.2 Å². The average Bonchev–Trinajstić information content (AvgIpc) is 2.41. The number of rotatable bonds is 3. The molecule has 1 rings (SSSR count). The van der Waals surface area contributed by atoms with Gasteiger partial charge in [0.05, 0.1) is 12.3 Å². The Kier molecular flexibility index (Phi) is 3.50. The van der Waals surface area contributed by atoms with Gasteiger partial charge in [0.1, 0.15) is 11.9 Å². The first-order valence-electron chi connectivity index (χ1n) is 5.17. The van der Waals surface area contributed by atoms with Crippen molar-refractivity contribution in [2.45, 2.75) is 40.7 Å². The summed E-state index contributed by atoms with van der Waals surface area (Å²) in [5, 5.41) is 0. The van der Waals surface area contributed by atoms with Gasteiger partial charge in [0.25, 0.3) is 0 Å². The third-order valence-corrected chi connectivity index (χ3v) is 2.58. The Hall–Kier alpha value is -1.32. The van der Waals surface area contributed by atoms with Gasteiger partial charge < -0.3 is 9.30 Å². The van der Waals surface area contributed by atoms with Gasteiger partial charge in [0.2, 0.25) is 0 Å². The van der Waals surface area contributed by atoms with Crippen LogP contribution in [0.3, 0.4) is 0 Å². The van der Waals surface area contributed by atoms with Gasteiger partial charge in [0.15, 0.2) is 0 Å². The number of nitrogens with zero attached hydrogens (tertiary/aromatic N) is 2. The van der Waals surface area contributed by atoms with E-state index >= 15 is 0 Å². The van der Waals surface area contributed by atoms with E-state index < -0.39 is 0 Å². The predicted molar refractivity (Wildman–Crippen MR) is 57.8 cm³/mol. The van der Waals surface area contributed by atoms with Crippen molar-refractivity contribution in [3.05, 3.63) is 17.2 Å². The monoisotopic (exact) mass is 210 g/mol. The molecule has 1 aromatic heterocycles. The van der Waals surface area contributed by atoms with Crippen LogP contribution in [0.15, 0.2) is 0 Å². The number of carbonyl (C=O) groups is 1. The van der Waals surface area contributed by atoms with Gasteiger partial charge in [-0.05, 0) is 34.6 Å². The van der Waals surface area contributed by atoms with Gasteiger partial charge >= 0.3 is 5.97 Å². The maximum absolute atomic E-state index is 11.6. The molecule has 0 aliphatic carbocycles. The third-order valence-electron chi connectivity index (χ3n) is 2.58. The minimum atomic E-state index is -0.300. The molecule has 15 heavy (non-hydrogen) atoms. The fourth-order valence-corrected chi connectivity index (χ4v) is 1.73. The molecular weight excluding hydrogens is 192 g/mol. The van der Waals surface area contributed by atoms with Crippen molar-refractivity contribution in [1.29, 1.82) is 0 Å². The fourth-order valence-electron chi connectivity index (χ4n) is 1.73. The smallest absolute Gasteiger partial charge is 0.328 e. The summed E-state index contributed by atoms with van der Waals surface area (Å²) in [5.74, 6) is 0.645. The first kappa shape index (κ1) is 11.8. The molecule has 0 fully saturated rings. The first-order valence-corrected chi connectivity index (χ1v) is 5.17. The van der Waals surface area contributed by atoms with Crippen molar-refractivity contribution in [3.8, 4) is 0 Å². The Labute approximate surface area is 90.3 Å². The second-order valence-electron chi connectivity index (χ2n) is 3.63. The highest BCUT2D eigenvalue weighted by Gasteiger charge is 2.20. The van der Waals surface area contributed by atoms with Crippen molar-refractivity contribution in [3.63, 3.8) is 0 Å². The zero-order valence-corrected chi connectivity index (χ0v) is 10.00. The van der Waals surface area contributed by atoms with Crippen molar-refractivity contribution in [2.75, 3.05) is 6.61 Å². The van der Waals surface area contributed by atoms with Crippen LogP contribution in [0.2, 0.25) is 0 Å².